The first-order valence-corrected chi connectivity index (χ1v) is 5.20. The third-order valence-corrected chi connectivity index (χ3v) is 1.66. The Labute approximate surface area is 79.3 Å². The van der Waals surface area contributed by atoms with Gasteiger partial charge in [-0.05, 0) is 13.8 Å². The molecule has 13 heavy (non-hydrogen) atoms. The Morgan fingerprint density at radius 1 is 1.31 bits per heavy atom. The maximum Gasteiger partial charge on any atom is 0.245 e. The molecule has 0 rings (SSSR count). The standard InChI is InChI=1S/C5H13N.CH4O5S/c1-4-6(3)5-2;1-5-6-7(2,3)4/h4-5H2,1-3H3;1H3,(H,2,3,4). The molecule has 0 saturated heterocycles. The second-order valence-electron chi connectivity index (χ2n) is 2.31. The van der Waals surface area contributed by atoms with Crippen molar-refractivity contribution < 1.29 is 27.1 Å². The predicted molar refractivity (Wildman–Crippen MR) is 45.8 cm³/mol. The van der Waals surface area contributed by atoms with Gasteiger partial charge in [0.05, 0.1) is 27.2 Å². The van der Waals surface area contributed by atoms with Gasteiger partial charge >= 0.3 is 0 Å². The first-order valence-electron chi connectivity index (χ1n) is 3.86. The molecule has 0 fully saturated rings. The van der Waals surface area contributed by atoms with Gasteiger partial charge in [0.15, 0.2) is 0 Å². The summed E-state index contributed by atoms with van der Waals surface area (Å²) in [7, 11) is -1.53. The van der Waals surface area contributed by atoms with Crippen molar-refractivity contribution in [1.82, 2.24) is 0 Å². The van der Waals surface area contributed by atoms with Crippen LogP contribution in [0.4, 0.5) is 0 Å². The van der Waals surface area contributed by atoms with Crippen molar-refractivity contribution in [3.63, 3.8) is 0 Å². The molecule has 82 valence electrons. The molecule has 0 heterocycles. The molecule has 0 radical (unpaired) electrons. The zero-order valence-corrected chi connectivity index (χ0v) is 9.18. The summed E-state index contributed by atoms with van der Waals surface area (Å²) < 4.78 is 31.1. The molecule has 0 aromatic heterocycles. The lowest BCUT2D eigenvalue weighted by Gasteiger charge is -2.04. The van der Waals surface area contributed by atoms with Gasteiger partial charge in [-0.1, -0.05) is 0 Å². The largest absolute Gasteiger partial charge is 0.724 e. The molecule has 0 amide bonds. The maximum atomic E-state index is 9.33. The van der Waals surface area contributed by atoms with Crippen molar-refractivity contribution in [2.75, 3.05) is 27.2 Å². The van der Waals surface area contributed by atoms with Gasteiger partial charge in [-0.2, -0.15) is 0 Å². The topological polar surface area (TPSA) is 80.1 Å². The van der Waals surface area contributed by atoms with E-state index in [0.717, 1.165) is 7.11 Å². The van der Waals surface area contributed by atoms with Crippen molar-refractivity contribution in [1.29, 1.82) is 0 Å². The summed E-state index contributed by atoms with van der Waals surface area (Å²) in [5.41, 5.74) is 0. The summed E-state index contributed by atoms with van der Waals surface area (Å²) in [5.74, 6) is 0. The van der Waals surface area contributed by atoms with Crippen LogP contribution in [0.3, 0.4) is 0 Å². The minimum atomic E-state index is -4.65. The second kappa shape index (κ2) is 8.39. The first kappa shape index (κ1) is 15.3. The fourth-order valence-corrected chi connectivity index (χ4v) is 0.500. The van der Waals surface area contributed by atoms with Crippen LogP contribution < -0.4 is 4.90 Å². The fraction of sp³-hybridized carbons (Fsp3) is 1.00. The highest BCUT2D eigenvalue weighted by Crippen LogP contribution is 1.81. The average molecular weight is 215 g/mol. The van der Waals surface area contributed by atoms with Gasteiger partial charge in [-0.3, -0.25) is 0 Å². The van der Waals surface area contributed by atoms with Gasteiger partial charge in [0, 0.05) is 0 Å². The van der Waals surface area contributed by atoms with E-state index < -0.39 is 10.4 Å². The van der Waals surface area contributed by atoms with E-state index in [2.05, 4.69) is 30.1 Å². The molecule has 0 saturated carbocycles. The highest BCUT2D eigenvalue weighted by molar-refractivity contribution is 7.80. The lowest BCUT2D eigenvalue weighted by Crippen LogP contribution is -3.08. The van der Waals surface area contributed by atoms with Crippen LogP contribution >= 0.6 is 0 Å². The number of hydrogen-bond acceptors (Lipinski definition) is 5. The normalized spacial score (nSPS) is 10.9. The molecule has 0 aliphatic heterocycles. The van der Waals surface area contributed by atoms with E-state index in [4.69, 9.17) is 0 Å². The van der Waals surface area contributed by atoms with E-state index in [1.807, 2.05) is 0 Å². The molecule has 0 aromatic carbocycles. The minimum Gasteiger partial charge on any atom is -0.724 e. The van der Waals surface area contributed by atoms with Gasteiger partial charge < -0.3 is 9.45 Å². The Morgan fingerprint density at radius 2 is 1.69 bits per heavy atom. The number of quaternary nitrogens is 1. The molecule has 1 N–H and O–H groups in total. The predicted octanol–water partition coefficient (Wildman–Crippen LogP) is -1.43. The Kier molecular flexibility index (Phi) is 9.86. The number of nitrogens with one attached hydrogen (secondary N) is 1. The van der Waals surface area contributed by atoms with Crippen molar-refractivity contribution >= 4 is 10.4 Å². The first-order chi connectivity index (χ1) is 5.87. The lowest BCUT2D eigenvalue weighted by molar-refractivity contribution is -0.875. The van der Waals surface area contributed by atoms with Crippen LogP contribution in [-0.2, 0) is 19.6 Å². The molecule has 7 heteroatoms. The molecular weight excluding hydrogens is 198 g/mol. The van der Waals surface area contributed by atoms with E-state index in [9.17, 15) is 13.0 Å². The molecule has 0 aliphatic rings. The quantitative estimate of drug-likeness (QED) is 0.269. The monoisotopic (exact) mass is 215 g/mol. The zero-order valence-electron chi connectivity index (χ0n) is 8.36. The van der Waals surface area contributed by atoms with Crippen LogP contribution in [0.5, 0.6) is 0 Å². The van der Waals surface area contributed by atoms with Gasteiger partial charge in [-0.15, -0.1) is 4.33 Å². The zero-order chi connectivity index (χ0) is 10.9. The highest BCUT2D eigenvalue weighted by Gasteiger charge is 1.87. The SMILES string of the molecule is CC[NH+](C)CC.COOS(=O)(=O)[O-]. The lowest BCUT2D eigenvalue weighted by atomic mass is 10.6. The summed E-state index contributed by atoms with van der Waals surface area (Å²) in [6.45, 7) is 6.88. The average Bonchev–Trinajstić information content (AvgIpc) is 2.02. The molecule has 0 spiro atoms. The number of hydrogen-bond donors (Lipinski definition) is 1. The van der Waals surface area contributed by atoms with Crippen LogP contribution in [0.1, 0.15) is 13.8 Å². The van der Waals surface area contributed by atoms with E-state index in [0.29, 0.717) is 0 Å². The Hall–Kier alpha value is -0.210. The fourth-order valence-electron chi connectivity index (χ4n) is 0.333. The smallest absolute Gasteiger partial charge is 0.245 e. The summed E-state index contributed by atoms with van der Waals surface area (Å²) in [4.78, 5) is 5.10. The van der Waals surface area contributed by atoms with Crippen LogP contribution in [0.25, 0.3) is 0 Å². The van der Waals surface area contributed by atoms with Crippen LogP contribution in [-0.4, -0.2) is 40.2 Å². The van der Waals surface area contributed by atoms with Gasteiger partial charge in [0.1, 0.15) is 0 Å². The maximum absolute atomic E-state index is 9.33. The van der Waals surface area contributed by atoms with E-state index in [1.54, 1.807) is 4.90 Å². The summed E-state index contributed by atoms with van der Waals surface area (Å²) in [6, 6.07) is 0. The van der Waals surface area contributed by atoms with E-state index in [-0.39, 0.29) is 0 Å². The summed E-state index contributed by atoms with van der Waals surface area (Å²) in [6.07, 6.45) is 0. The third kappa shape index (κ3) is 18.6. The Balaban J connectivity index is 0. The summed E-state index contributed by atoms with van der Waals surface area (Å²) >= 11 is 0. The van der Waals surface area contributed by atoms with E-state index >= 15 is 0 Å². The van der Waals surface area contributed by atoms with Crippen molar-refractivity contribution in [3.05, 3.63) is 0 Å². The molecule has 0 unspecified atom stereocenters. The van der Waals surface area contributed by atoms with Gasteiger partial charge in [-0.25, -0.2) is 13.3 Å². The number of rotatable bonds is 4. The Bertz CT molecular complexity index is 187. The second-order valence-corrected chi connectivity index (χ2v) is 3.26. The van der Waals surface area contributed by atoms with Crippen LogP contribution in [0.15, 0.2) is 0 Å². The summed E-state index contributed by atoms with van der Waals surface area (Å²) in [5, 5.41) is 0. The van der Waals surface area contributed by atoms with Crippen LogP contribution in [0, 0.1) is 0 Å². The minimum absolute atomic E-state index is 0.926. The van der Waals surface area contributed by atoms with Crippen LogP contribution in [0.2, 0.25) is 0 Å². The molecule has 0 atom stereocenters. The molecule has 0 aromatic rings. The molecule has 0 aliphatic carbocycles. The van der Waals surface area contributed by atoms with Crippen molar-refractivity contribution in [2.24, 2.45) is 0 Å². The molecule has 0 bridgehead atoms. The molecular formula is C6H17NO5S. The van der Waals surface area contributed by atoms with E-state index in [1.165, 1.54) is 13.1 Å². The third-order valence-electron chi connectivity index (χ3n) is 1.36. The van der Waals surface area contributed by atoms with Gasteiger partial charge in [0.25, 0.3) is 0 Å². The highest BCUT2D eigenvalue weighted by atomic mass is 32.3. The Morgan fingerprint density at radius 3 is 1.69 bits per heavy atom. The van der Waals surface area contributed by atoms with Gasteiger partial charge in [0.2, 0.25) is 10.4 Å². The van der Waals surface area contributed by atoms with Crippen molar-refractivity contribution in [3.8, 4) is 0 Å². The van der Waals surface area contributed by atoms with Crippen molar-refractivity contribution in [2.45, 2.75) is 13.8 Å². The molecule has 6 nitrogen and oxygen atoms in total.